The summed E-state index contributed by atoms with van der Waals surface area (Å²) in [5.74, 6) is -0.550. The number of rotatable bonds is 7. The molecule has 2 atom stereocenters. The fourth-order valence-electron chi connectivity index (χ4n) is 4.64. The molecule has 9 heteroatoms. The van der Waals surface area contributed by atoms with E-state index < -0.39 is 35.8 Å². The Labute approximate surface area is 204 Å². The smallest absolute Gasteiger partial charge is 0.410 e. The van der Waals surface area contributed by atoms with E-state index in [1.165, 1.54) is 0 Å². The zero-order valence-electron chi connectivity index (χ0n) is 19.7. The van der Waals surface area contributed by atoms with Crippen molar-refractivity contribution in [2.45, 2.75) is 50.6 Å². The molecule has 2 aliphatic rings. The average Bonchev–Trinajstić information content (AvgIpc) is 2.87. The molecule has 2 aromatic carbocycles. The van der Waals surface area contributed by atoms with E-state index in [9.17, 15) is 14.4 Å². The fraction of sp³-hybridized carbons (Fsp3) is 0.423. The number of hydrogen-bond acceptors (Lipinski definition) is 7. The SMILES string of the molecule is CCOC(=O)C1(NC(=O)OCc2ccccc2)CC2COCC(C1)N2C(=O)OCc1ccccc1. The van der Waals surface area contributed by atoms with Crippen LogP contribution in [0.25, 0.3) is 0 Å². The number of esters is 1. The van der Waals surface area contributed by atoms with Gasteiger partial charge < -0.3 is 24.3 Å². The average molecular weight is 483 g/mol. The number of morpholine rings is 1. The largest absolute Gasteiger partial charge is 0.464 e. The molecule has 2 fully saturated rings. The summed E-state index contributed by atoms with van der Waals surface area (Å²) < 4.78 is 21.9. The highest BCUT2D eigenvalue weighted by Crippen LogP contribution is 2.36. The Hall–Kier alpha value is -3.59. The van der Waals surface area contributed by atoms with Crippen LogP contribution in [0.4, 0.5) is 9.59 Å². The molecule has 2 aliphatic heterocycles. The molecule has 2 unspecified atom stereocenters. The quantitative estimate of drug-likeness (QED) is 0.476. The van der Waals surface area contributed by atoms with Gasteiger partial charge >= 0.3 is 18.2 Å². The maximum atomic E-state index is 13.1. The molecule has 2 saturated heterocycles. The standard InChI is InChI=1S/C26H30N2O7/c1-2-33-23(29)26(27-24(30)34-15-19-9-5-3-6-10-19)13-21-17-32-18-22(14-26)28(21)25(31)35-16-20-11-7-4-8-12-20/h3-12,21-22H,2,13-18H2,1H3,(H,27,30). The molecule has 0 aliphatic carbocycles. The number of fused-ring (bicyclic) bond motifs is 2. The van der Waals surface area contributed by atoms with Crippen molar-refractivity contribution >= 4 is 18.2 Å². The molecule has 2 aromatic rings. The van der Waals surface area contributed by atoms with E-state index in [0.717, 1.165) is 11.1 Å². The lowest BCUT2D eigenvalue weighted by molar-refractivity contribution is -0.160. The zero-order valence-corrected chi connectivity index (χ0v) is 19.7. The maximum Gasteiger partial charge on any atom is 0.410 e. The molecule has 2 amide bonds. The summed E-state index contributed by atoms with van der Waals surface area (Å²) >= 11 is 0. The molecular weight excluding hydrogens is 452 g/mol. The number of carbonyl (C=O) groups excluding carboxylic acids is 3. The zero-order chi connectivity index (χ0) is 24.7. The van der Waals surface area contributed by atoms with Gasteiger partial charge in [0, 0.05) is 12.8 Å². The first-order chi connectivity index (χ1) is 17.0. The number of alkyl carbamates (subject to hydrolysis) is 1. The normalized spacial score (nSPS) is 23.2. The lowest BCUT2D eigenvalue weighted by Gasteiger charge is -2.51. The van der Waals surface area contributed by atoms with Gasteiger partial charge in [-0.1, -0.05) is 60.7 Å². The van der Waals surface area contributed by atoms with E-state index in [1.54, 1.807) is 11.8 Å². The molecular formula is C26H30N2O7. The molecule has 0 saturated carbocycles. The number of amides is 2. The highest BCUT2D eigenvalue weighted by molar-refractivity contribution is 5.86. The summed E-state index contributed by atoms with van der Waals surface area (Å²) in [6.45, 7) is 2.52. The maximum absolute atomic E-state index is 13.1. The lowest BCUT2D eigenvalue weighted by atomic mass is 9.78. The van der Waals surface area contributed by atoms with Crippen LogP contribution in [0.15, 0.2) is 60.7 Å². The van der Waals surface area contributed by atoms with Crippen molar-refractivity contribution < 1.29 is 33.3 Å². The number of ether oxygens (including phenoxy) is 4. The van der Waals surface area contributed by atoms with Gasteiger partial charge in [0.25, 0.3) is 0 Å². The minimum atomic E-state index is -1.33. The molecule has 2 heterocycles. The molecule has 35 heavy (non-hydrogen) atoms. The molecule has 9 nitrogen and oxygen atoms in total. The summed E-state index contributed by atoms with van der Waals surface area (Å²) in [7, 11) is 0. The van der Waals surface area contributed by atoms with Crippen LogP contribution >= 0.6 is 0 Å². The van der Waals surface area contributed by atoms with Crippen LogP contribution in [0.5, 0.6) is 0 Å². The van der Waals surface area contributed by atoms with Gasteiger partial charge in [-0.25, -0.2) is 14.4 Å². The monoisotopic (exact) mass is 482 g/mol. The second-order valence-corrected chi connectivity index (χ2v) is 8.69. The lowest BCUT2D eigenvalue weighted by Crippen LogP contribution is -2.70. The summed E-state index contributed by atoms with van der Waals surface area (Å²) in [6, 6.07) is 17.7. The number of hydrogen-bond donors (Lipinski definition) is 1. The van der Waals surface area contributed by atoms with Gasteiger partial charge in [-0.2, -0.15) is 0 Å². The van der Waals surface area contributed by atoms with Crippen LogP contribution < -0.4 is 5.32 Å². The highest BCUT2D eigenvalue weighted by atomic mass is 16.6. The van der Waals surface area contributed by atoms with Crippen molar-refractivity contribution in [1.82, 2.24) is 10.2 Å². The third-order valence-corrected chi connectivity index (χ3v) is 6.21. The minimum absolute atomic E-state index is 0.0689. The third kappa shape index (κ3) is 5.92. The van der Waals surface area contributed by atoms with Crippen molar-refractivity contribution in [2.75, 3.05) is 19.8 Å². The van der Waals surface area contributed by atoms with E-state index in [4.69, 9.17) is 18.9 Å². The Kier molecular flexibility index (Phi) is 7.87. The third-order valence-electron chi connectivity index (χ3n) is 6.21. The van der Waals surface area contributed by atoms with Gasteiger partial charge in [0.15, 0.2) is 0 Å². The second kappa shape index (κ2) is 11.2. The summed E-state index contributed by atoms with van der Waals surface area (Å²) in [5, 5.41) is 2.76. The molecule has 186 valence electrons. The van der Waals surface area contributed by atoms with E-state index >= 15 is 0 Å². The molecule has 0 aromatic heterocycles. The van der Waals surface area contributed by atoms with Crippen molar-refractivity contribution in [3.63, 3.8) is 0 Å². The highest BCUT2D eigenvalue weighted by Gasteiger charge is 2.55. The van der Waals surface area contributed by atoms with E-state index in [0.29, 0.717) is 0 Å². The van der Waals surface area contributed by atoms with Crippen LogP contribution in [0.2, 0.25) is 0 Å². The first kappa shape index (κ1) is 24.5. The predicted octanol–water partition coefficient (Wildman–Crippen LogP) is 3.41. The van der Waals surface area contributed by atoms with Crippen molar-refractivity contribution in [2.24, 2.45) is 0 Å². The van der Waals surface area contributed by atoms with Crippen LogP contribution in [0, 0.1) is 0 Å². The van der Waals surface area contributed by atoms with Crippen molar-refractivity contribution in [1.29, 1.82) is 0 Å². The summed E-state index contributed by atoms with van der Waals surface area (Å²) in [6.07, 6.45) is -0.941. The van der Waals surface area contributed by atoms with E-state index in [2.05, 4.69) is 5.32 Å². The van der Waals surface area contributed by atoms with Gasteiger partial charge in [-0.05, 0) is 18.1 Å². The van der Waals surface area contributed by atoms with Gasteiger partial charge in [0.05, 0.1) is 31.9 Å². The van der Waals surface area contributed by atoms with Gasteiger partial charge in [0.1, 0.15) is 18.8 Å². The Morgan fingerprint density at radius 1 is 0.886 bits per heavy atom. The van der Waals surface area contributed by atoms with Gasteiger partial charge in [0.2, 0.25) is 0 Å². The first-order valence-electron chi connectivity index (χ1n) is 11.7. The van der Waals surface area contributed by atoms with Gasteiger partial charge in [-0.3, -0.25) is 4.90 Å². The number of carbonyl (C=O) groups is 3. The molecule has 1 N–H and O–H groups in total. The summed E-state index contributed by atoms with van der Waals surface area (Å²) in [5.41, 5.74) is 0.371. The number of nitrogens with one attached hydrogen (secondary N) is 1. The molecule has 0 spiro atoms. The Balaban J connectivity index is 1.45. The summed E-state index contributed by atoms with van der Waals surface area (Å²) in [4.78, 5) is 40.4. The Morgan fingerprint density at radius 3 is 1.97 bits per heavy atom. The Bertz CT molecular complexity index is 1000. The molecule has 0 radical (unpaired) electrons. The number of benzene rings is 2. The van der Waals surface area contributed by atoms with Crippen LogP contribution in [-0.4, -0.2) is 60.5 Å². The number of piperidine rings is 1. The van der Waals surface area contributed by atoms with Crippen molar-refractivity contribution in [3.05, 3.63) is 71.8 Å². The van der Waals surface area contributed by atoms with Crippen LogP contribution in [0.1, 0.15) is 30.9 Å². The molecule has 4 rings (SSSR count). The van der Waals surface area contributed by atoms with Crippen molar-refractivity contribution in [3.8, 4) is 0 Å². The number of nitrogens with zero attached hydrogens (tertiary/aromatic N) is 1. The minimum Gasteiger partial charge on any atom is -0.464 e. The van der Waals surface area contributed by atoms with Gasteiger partial charge in [-0.15, -0.1) is 0 Å². The second-order valence-electron chi connectivity index (χ2n) is 8.69. The Morgan fingerprint density at radius 2 is 1.43 bits per heavy atom. The topological polar surface area (TPSA) is 103 Å². The molecule has 2 bridgehead atoms. The van der Waals surface area contributed by atoms with E-state index in [-0.39, 0.29) is 45.9 Å². The predicted molar refractivity (Wildman–Crippen MR) is 125 cm³/mol. The first-order valence-corrected chi connectivity index (χ1v) is 11.7. The van der Waals surface area contributed by atoms with Crippen LogP contribution in [0.3, 0.4) is 0 Å². The fourth-order valence-corrected chi connectivity index (χ4v) is 4.64. The van der Waals surface area contributed by atoms with E-state index in [1.807, 2.05) is 60.7 Å². The van der Waals surface area contributed by atoms with Crippen LogP contribution in [-0.2, 0) is 37.0 Å².